The van der Waals surface area contributed by atoms with Gasteiger partial charge in [-0.3, -0.25) is 14.4 Å². The van der Waals surface area contributed by atoms with E-state index in [9.17, 15) is 14.4 Å². The average molecular weight is 541 g/mol. The standard InChI is InChI=1S/C36H28O5/c1-24-6-17-32(18-7-24)40-31-5-3-4-27(12-19-31)35(38)29-13-20-33(21-14-29)41-34-22-15-30(16-23-34)36(39)28-10-8-26(9-11-28)25(2)37/h3,5-23H,4H2,1-2H3. The smallest absolute Gasteiger partial charge is 0.193 e. The number of hydrogen-bond acceptors (Lipinski definition) is 5. The molecular weight excluding hydrogens is 512 g/mol. The van der Waals surface area contributed by atoms with Crippen LogP contribution in [0.4, 0.5) is 0 Å². The minimum Gasteiger partial charge on any atom is -0.457 e. The van der Waals surface area contributed by atoms with Crippen molar-refractivity contribution in [3.05, 3.63) is 161 Å². The van der Waals surface area contributed by atoms with Gasteiger partial charge in [0.1, 0.15) is 23.0 Å². The molecule has 5 rings (SSSR count). The summed E-state index contributed by atoms with van der Waals surface area (Å²) in [6.07, 6.45) is 7.90. The molecule has 0 amide bonds. The Morgan fingerprint density at radius 1 is 0.561 bits per heavy atom. The van der Waals surface area contributed by atoms with E-state index in [-0.39, 0.29) is 17.3 Å². The molecule has 4 aromatic carbocycles. The van der Waals surface area contributed by atoms with E-state index in [4.69, 9.17) is 9.47 Å². The van der Waals surface area contributed by atoms with Crippen LogP contribution in [0.2, 0.25) is 0 Å². The maximum Gasteiger partial charge on any atom is 0.193 e. The minimum atomic E-state index is -0.138. The van der Waals surface area contributed by atoms with Crippen molar-refractivity contribution in [3.8, 4) is 17.2 Å². The number of ether oxygens (including phenoxy) is 2. The largest absolute Gasteiger partial charge is 0.457 e. The van der Waals surface area contributed by atoms with Gasteiger partial charge in [-0.05, 0) is 93.1 Å². The Kier molecular flexibility index (Phi) is 8.16. The third-order valence-electron chi connectivity index (χ3n) is 6.64. The van der Waals surface area contributed by atoms with Crippen LogP contribution in [0, 0.1) is 6.92 Å². The van der Waals surface area contributed by atoms with Crippen LogP contribution in [-0.4, -0.2) is 17.3 Å². The molecule has 202 valence electrons. The highest BCUT2D eigenvalue weighted by atomic mass is 16.5. The molecule has 5 heteroatoms. The molecule has 0 fully saturated rings. The number of rotatable bonds is 9. The molecule has 4 aromatic rings. The summed E-state index contributed by atoms with van der Waals surface area (Å²) in [4.78, 5) is 37.4. The van der Waals surface area contributed by atoms with Crippen LogP contribution in [0.3, 0.4) is 0 Å². The van der Waals surface area contributed by atoms with Gasteiger partial charge in [0.25, 0.3) is 0 Å². The number of Topliss-reactive ketones (excluding diaryl/α,β-unsaturated/α-hetero) is 2. The normalized spacial score (nSPS) is 12.5. The molecule has 1 aliphatic carbocycles. The first kappa shape index (κ1) is 27.3. The molecule has 0 bridgehead atoms. The predicted molar refractivity (Wildman–Crippen MR) is 159 cm³/mol. The van der Waals surface area contributed by atoms with Crippen molar-refractivity contribution in [2.45, 2.75) is 20.3 Å². The summed E-state index contributed by atoms with van der Waals surface area (Å²) in [7, 11) is 0. The van der Waals surface area contributed by atoms with Crippen LogP contribution in [0.15, 0.2) is 133 Å². The number of carbonyl (C=O) groups is 3. The first-order valence-electron chi connectivity index (χ1n) is 13.3. The zero-order valence-electron chi connectivity index (χ0n) is 22.8. The monoisotopic (exact) mass is 540 g/mol. The van der Waals surface area contributed by atoms with E-state index in [1.54, 1.807) is 78.9 Å². The molecule has 0 atom stereocenters. The van der Waals surface area contributed by atoms with Crippen molar-refractivity contribution in [3.63, 3.8) is 0 Å². The zero-order valence-corrected chi connectivity index (χ0v) is 22.8. The van der Waals surface area contributed by atoms with Crippen LogP contribution in [0.25, 0.3) is 0 Å². The summed E-state index contributed by atoms with van der Waals surface area (Å²) in [5.74, 6) is 2.30. The Morgan fingerprint density at radius 3 is 1.59 bits per heavy atom. The lowest BCUT2D eigenvalue weighted by molar-refractivity contribution is 0.101. The number of carbonyl (C=O) groups excluding carboxylic acids is 3. The summed E-state index contributed by atoms with van der Waals surface area (Å²) in [6.45, 7) is 3.51. The number of hydrogen-bond donors (Lipinski definition) is 0. The van der Waals surface area contributed by atoms with E-state index in [2.05, 4.69) is 0 Å². The molecule has 0 saturated carbocycles. The molecule has 1 aliphatic rings. The molecule has 0 aliphatic heterocycles. The molecule has 0 radical (unpaired) electrons. The van der Waals surface area contributed by atoms with E-state index in [0.717, 1.165) is 11.3 Å². The van der Waals surface area contributed by atoms with E-state index in [1.165, 1.54) is 6.92 Å². The molecule has 0 aromatic heterocycles. The lowest BCUT2D eigenvalue weighted by Crippen LogP contribution is -2.03. The van der Waals surface area contributed by atoms with E-state index >= 15 is 0 Å². The first-order valence-corrected chi connectivity index (χ1v) is 13.3. The van der Waals surface area contributed by atoms with Crippen LogP contribution in [0.5, 0.6) is 17.2 Å². The lowest BCUT2D eigenvalue weighted by atomic mass is 10.0. The molecule has 0 spiro atoms. The van der Waals surface area contributed by atoms with Crippen molar-refractivity contribution in [1.29, 1.82) is 0 Å². The average Bonchev–Trinajstić information content (AvgIpc) is 3.24. The predicted octanol–water partition coefficient (Wildman–Crippen LogP) is 8.25. The van der Waals surface area contributed by atoms with Crippen LogP contribution < -0.4 is 9.47 Å². The zero-order chi connectivity index (χ0) is 28.8. The van der Waals surface area contributed by atoms with E-state index in [0.29, 0.717) is 51.5 Å². The van der Waals surface area contributed by atoms with Crippen molar-refractivity contribution < 1.29 is 23.9 Å². The highest BCUT2D eigenvalue weighted by Crippen LogP contribution is 2.25. The second kappa shape index (κ2) is 12.3. The molecule has 5 nitrogen and oxygen atoms in total. The highest BCUT2D eigenvalue weighted by Gasteiger charge is 2.14. The van der Waals surface area contributed by atoms with Crippen LogP contribution in [0.1, 0.15) is 55.5 Å². The summed E-state index contributed by atoms with van der Waals surface area (Å²) >= 11 is 0. The second-order valence-corrected chi connectivity index (χ2v) is 9.73. The van der Waals surface area contributed by atoms with Gasteiger partial charge in [-0.1, -0.05) is 54.1 Å². The van der Waals surface area contributed by atoms with Gasteiger partial charge in [0.05, 0.1) is 0 Å². The molecule has 41 heavy (non-hydrogen) atoms. The third kappa shape index (κ3) is 6.84. The Balaban J connectivity index is 1.20. The van der Waals surface area contributed by atoms with Crippen molar-refractivity contribution in [2.24, 2.45) is 0 Å². The number of benzene rings is 4. The lowest BCUT2D eigenvalue weighted by Gasteiger charge is -2.08. The van der Waals surface area contributed by atoms with Crippen molar-refractivity contribution >= 4 is 17.3 Å². The van der Waals surface area contributed by atoms with Crippen molar-refractivity contribution in [2.75, 3.05) is 0 Å². The topological polar surface area (TPSA) is 69.7 Å². The molecule has 0 unspecified atom stereocenters. The van der Waals surface area contributed by atoms with Gasteiger partial charge >= 0.3 is 0 Å². The number of aryl methyl sites for hydroxylation is 1. The summed E-state index contributed by atoms with van der Waals surface area (Å²) in [5.41, 5.74) is 3.97. The summed E-state index contributed by atoms with van der Waals surface area (Å²) < 4.78 is 11.9. The molecular formula is C36H28O5. The first-order chi connectivity index (χ1) is 19.9. The Bertz CT molecular complexity index is 1670. The van der Waals surface area contributed by atoms with Gasteiger partial charge in [0, 0.05) is 27.8 Å². The van der Waals surface area contributed by atoms with Crippen molar-refractivity contribution in [1.82, 2.24) is 0 Å². The second-order valence-electron chi connectivity index (χ2n) is 9.73. The fourth-order valence-corrected chi connectivity index (χ4v) is 4.28. The quantitative estimate of drug-likeness (QED) is 0.200. The van der Waals surface area contributed by atoms with Crippen LogP contribution in [-0.2, 0) is 0 Å². The van der Waals surface area contributed by atoms with E-state index in [1.807, 2.05) is 49.4 Å². The maximum atomic E-state index is 13.1. The summed E-state index contributed by atoms with van der Waals surface area (Å²) in [5, 5.41) is 0. The maximum absolute atomic E-state index is 13.1. The van der Waals surface area contributed by atoms with Gasteiger partial charge in [0.15, 0.2) is 17.3 Å². The molecule has 0 heterocycles. The number of allylic oxidation sites excluding steroid dienone is 5. The van der Waals surface area contributed by atoms with Gasteiger partial charge in [-0.15, -0.1) is 0 Å². The molecule has 0 saturated heterocycles. The summed E-state index contributed by atoms with van der Waals surface area (Å²) in [6, 6.07) is 28.2. The Labute approximate surface area is 239 Å². The molecule has 0 N–H and O–H groups in total. The minimum absolute atomic E-state index is 0.0444. The number of ketones is 3. The Hall–Kier alpha value is -5.29. The fourth-order valence-electron chi connectivity index (χ4n) is 4.28. The van der Waals surface area contributed by atoms with Gasteiger partial charge < -0.3 is 9.47 Å². The van der Waals surface area contributed by atoms with E-state index < -0.39 is 0 Å². The SMILES string of the molecule is CC(=O)c1ccc(C(=O)c2ccc(Oc3ccc(C(=O)C4=CC=C(Oc5ccc(C)cc5)C=CC4)cc3)cc2)cc1. The van der Waals surface area contributed by atoms with Gasteiger partial charge in [0.2, 0.25) is 0 Å². The third-order valence-corrected chi connectivity index (χ3v) is 6.64. The van der Waals surface area contributed by atoms with Crippen LogP contribution >= 0.6 is 0 Å². The Morgan fingerprint density at radius 2 is 1.02 bits per heavy atom. The van der Waals surface area contributed by atoms with Gasteiger partial charge in [-0.25, -0.2) is 0 Å². The fraction of sp³-hybridized carbons (Fsp3) is 0.0833. The van der Waals surface area contributed by atoms with Gasteiger partial charge in [-0.2, -0.15) is 0 Å². The highest BCUT2D eigenvalue weighted by molar-refractivity contribution is 6.10.